The zero-order valence-corrected chi connectivity index (χ0v) is 15.0. The molecular formula is C19H27N3O3. The van der Waals surface area contributed by atoms with Gasteiger partial charge in [0.05, 0.1) is 19.1 Å². The van der Waals surface area contributed by atoms with Crippen LogP contribution in [-0.4, -0.2) is 48.5 Å². The molecule has 3 rings (SSSR count). The molecule has 6 nitrogen and oxygen atoms in total. The van der Waals surface area contributed by atoms with E-state index in [1.54, 1.807) is 0 Å². The van der Waals surface area contributed by atoms with Gasteiger partial charge in [-0.15, -0.1) is 0 Å². The van der Waals surface area contributed by atoms with Gasteiger partial charge in [-0.2, -0.15) is 0 Å². The summed E-state index contributed by atoms with van der Waals surface area (Å²) in [6.45, 7) is 6.79. The molecule has 2 N–H and O–H groups in total. The summed E-state index contributed by atoms with van der Waals surface area (Å²) in [5.74, 6) is 0.801. The Morgan fingerprint density at radius 2 is 2.28 bits per heavy atom. The van der Waals surface area contributed by atoms with Crippen LogP contribution in [0, 0.1) is 0 Å². The molecule has 1 unspecified atom stereocenters. The number of piperazine rings is 1. The van der Waals surface area contributed by atoms with E-state index in [0.717, 1.165) is 37.3 Å². The number of carbonyl (C=O) groups is 2. The number of aryl methyl sites for hydroxylation is 1. The summed E-state index contributed by atoms with van der Waals surface area (Å²) in [6, 6.07) is 5.92. The number of benzene rings is 1. The maximum atomic E-state index is 12.3. The second-order valence-corrected chi connectivity index (χ2v) is 7.01. The number of hydrogen-bond donors (Lipinski definition) is 2. The highest BCUT2D eigenvalue weighted by molar-refractivity contribution is 5.88. The van der Waals surface area contributed by atoms with E-state index in [1.807, 2.05) is 12.1 Å². The van der Waals surface area contributed by atoms with Gasteiger partial charge < -0.3 is 15.4 Å². The lowest BCUT2D eigenvalue weighted by atomic mass is 10.0. The van der Waals surface area contributed by atoms with E-state index >= 15 is 0 Å². The van der Waals surface area contributed by atoms with Crippen molar-refractivity contribution in [1.29, 1.82) is 0 Å². The molecule has 6 heteroatoms. The Morgan fingerprint density at radius 1 is 1.44 bits per heavy atom. The van der Waals surface area contributed by atoms with Crippen molar-refractivity contribution in [2.24, 2.45) is 0 Å². The van der Waals surface area contributed by atoms with Crippen LogP contribution in [0.5, 0.6) is 5.75 Å². The highest BCUT2D eigenvalue weighted by Crippen LogP contribution is 2.25. The molecule has 2 heterocycles. The summed E-state index contributed by atoms with van der Waals surface area (Å²) in [7, 11) is 0. The minimum absolute atomic E-state index is 0.0546. The van der Waals surface area contributed by atoms with Crippen molar-refractivity contribution >= 4 is 11.8 Å². The molecule has 0 saturated carbocycles. The number of ether oxygens (including phenoxy) is 1. The van der Waals surface area contributed by atoms with Gasteiger partial charge in [0, 0.05) is 25.7 Å². The summed E-state index contributed by atoms with van der Waals surface area (Å²) in [4.78, 5) is 26.6. The molecule has 1 aromatic rings. The lowest BCUT2D eigenvalue weighted by molar-refractivity contribution is -0.134. The van der Waals surface area contributed by atoms with Gasteiger partial charge in [-0.3, -0.25) is 14.5 Å². The minimum Gasteiger partial charge on any atom is -0.493 e. The third-order valence-electron chi connectivity index (χ3n) is 4.88. The second-order valence-electron chi connectivity index (χ2n) is 7.01. The first-order chi connectivity index (χ1) is 12.0. The molecule has 1 atom stereocenters. The topological polar surface area (TPSA) is 70.7 Å². The summed E-state index contributed by atoms with van der Waals surface area (Å²) in [5.41, 5.74) is 2.27. The van der Waals surface area contributed by atoms with Crippen LogP contribution in [0.25, 0.3) is 0 Å². The van der Waals surface area contributed by atoms with Crippen molar-refractivity contribution in [3.8, 4) is 5.75 Å². The maximum absolute atomic E-state index is 12.3. The molecular weight excluding hydrogens is 318 g/mol. The number of rotatable bonds is 5. The number of amides is 2. The smallest absolute Gasteiger partial charge is 0.237 e. The van der Waals surface area contributed by atoms with E-state index in [0.29, 0.717) is 13.1 Å². The van der Waals surface area contributed by atoms with E-state index in [4.69, 9.17) is 4.74 Å². The Morgan fingerprint density at radius 3 is 3.08 bits per heavy atom. The van der Waals surface area contributed by atoms with Gasteiger partial charge in [-0.25, -0.2) is 0 Å². The van der Waals surface area contributed by atoms with Gasteiger partial charge in [-0.05, 0) is 43.9 Å². The lowest BCUT2D eigenvalue weighted by Gasteiger charge is -2.37. The molecule has 2 amide bonds. The average molecular weight is 345 g/mol. The summed E-state index contributed by atoms with van der Waals surface area (Å²) < 4.78 is 5.61. The van der Waals surface area contributed by atoms with E-state index in [-0.39, 0.29) is 30.3 Å². The van der Waals surface area contributed by atoms with Crippen LogP contribution in [-0.2, 0) is 22.6 Å². The van der Waals surface area contributed by atoms with Crippen molar-refractivity contribution in [2.75, 3.05) is 19.7 Å². The molecule has 0 radical (unpaired) electrons. The normalized spacial score (nSPS) is 20.6. The lowest BCUT2D eigenvalue weighted by Crippen LogP contribution is -2.58. The zero-order valence-electron chi connectivity index (χ0n) is 15.0. The Hall–Kier alpha value is -2.08. The molecule has 1 saturated heterocycles. The van der Waals surface area contributed by atoms with Crippen LogP contribution < -0.4 is 15.4 Å². The first-order valence-corrected chi connectivity index (χ1v) is 9.09. The first kappa shape index (κ1) is 17.7. The fourth-order valence-corrected chi connectivity index (χ4v) is 3.53. The van der Waals surface area contributed by atoms with Crippen LogP contribution >= 0.6 is 0 Å². The zero-order chi connectivity index (χ0) is 17.8. The average Bonchev–Trinajstić information content (AvgIpc) is 2.61. The summed E-state index contributed by atoms with van der Waals surface area (Å²) >= 11 is 0. The van der Waals surface area contributed by atoms with E-state index in [9.17, 15) is 9.59 Å². The monoisotopic (exact) mass is 345 g/mol. The van der Waals surface area contributed by atoms with Gasteiger partial charge in [-0.1, -0.05) is 12.1 Å². The molecule has 1 aromatic carbocycles. The van der Waals surface area contributed by atoms with Gasteiger partial charge in [0.1, 0.15) is 5.75 Å². The van der Waals surface area contributed by atoms with Gasteiger partial charge >= 0.3 is 0 Å². The number of nitrogens with zero attached hydrogens (tertiary/aromatic N) is 1. The predicted molar refractivity (Wildman–Crippen MR) is 95.4 cm³/mol. The SMILES string of the molecule is CC(C)N1CCNC(=O)C1CC(=O)NCc1ccc2c(c1)CCCO2. The van der Waals surface area contributed by atoms with Crippen molar-refractivity contribution in [1.82, 2.24) is 15.5 Å². The second kappa shape index (κ2) is 7.87. The summed E-state index contributed by atoms with van der Waals surface area (Å²) in [5, 5.41) is 5.80. The molecule has 0 bridgehead atoms. The number of fused-ring (bicyclic) bond motifs is 1. The van der Waals surface area contributed by atoms with Crippen molar-refractivity contribution in [3.63, 3.8) is 0 Å². The highest BCUT2D eigenvalue weighted by Gasteiger charge is 2.32. The van der Waals surface area contributed by atoms with Crippen LogP contribution in [0.4, 0.5) is 0 Å². The van der Waals surface area contributed by atoms with E-state index in [2.05, 4.69) is 35.4 Å². The Kier molecular flexibility index (Phi) is 5.58. The molecule has 2 aliphatic heterocycles. The molecule has 25 heavy (non-hydrogen) atoms. The molecule has 0 spiro atoms. The number of hydrogen-bond acceptors (Lipinski definition) is 4. The van der Waals surface area contributed by atoms with Gasteiger partial charge in [0.25, 0.3) is 0 Å². The van der Waals surface area contributed by atoms with E-state index < -0.39 is 0 Å². The van der Waals surface area contributed by atoms with Crippen LogP contribution in [0.1, 0.15) is 37.8 Å². The molecule has 136 valence electrons. The Bertz CT molecular complexity index is 645. The summed E-state index contributed by atoms with van der Waals surface area (Å²) in [6.07, 6.45) is 2.24. The fraction of sp³-hybridized carbons (Fsp3) is 0.579. The standard InChI is InChI=1S/C19H27N3O3/c1-13(2)22-8-7-20-19(24)16(22)11-18(23)21-12-14-5-6-17-15(10-14)4-3-9-25-17/h5-6,10,13,16H,3-4,7-9,11-12H2,1-2H3,(H,20,24)(H,21,23). The van der Waals surface area contributed by atoms with Gasteiger partial charge in [0.15, 0.2) is 0 Å². The van der Waals surface area contributed by atoms with E-state index in [1.165, 1.54) is 5.56 Å². The molecule has 2 aliphatic rings. The maximum Gasteiger partial charge on any atom is 0.237 e. The van der Waals surface area contributed by atoms with Crippen LogP contribution in [0.2, 0.25) is 0 Å². The Labute approximate surface area is 148 Å². The van der Waals surface area contributed by atoms with Gasteiger partial charge in [0.2, 0.25) is 11.8 Å². The fourth-order valence-electron chi connectivity index (χ4n) is 3.53. The first-order valence-electron chi connectivity index (χ1n) is 9.09. The molecule has 0 aromatic heterocycles. The van der Waals surface area contributed by atoms with Crippen LogP contribution in [0.3, 0.4) is 0 Å². The number of carbonyl (C=O) groups excluding carboxylic acids is 2. The molecule has 0 aliphatic carbocycles. The predicted octanol–water partition coefficient (Wildman–Crippen LogP) is 1.23. The third kappa shape index (κ3) is 4.31. The molecule has 1 fully saturated rings. The quantitative estimate of drug-likeness (QED) is 0.842. The third-order valence-corrected chi connectivity index (χ3v) is 4.88. The largest absolute Gasteiger partial charge is 0.493 e. The Balaban J connectivity index is 1.56. The highest BCUT2D eigenvalue weighted by atomic mass is 16.5. The minimum atomic E-state index is -0.384. The van der Waals surface area contributed by atoms with Crippen molar-refractivity contribution < 1.29 is 14.3 Å². The number of nitrogens with one attached hydrogen (secondary N) is 2. The van der Waals surface area contributed by atoms with Crippen LogP contribution in [0.15, 0.2) is 18.2 Å². The van der Waals surface area contributed by atoms with Crippen molar-refractivity contribution in [3.05, 3.63) is 29.3 Å². The van der Waals surface area contributed by atoms with Crippen molar-refractivity contribution in [2.45, 2.75) is 51.7 Å².